The molecule has 2 aromatic carbocycles. The third-order valence-corrected chi connectivity index (χ3v) is 5.72. The second-order valence-electron chi connectivity index (χ2n) is 7.94. The standard InChI is InChI=1S/C26H28FN5O4/c1-5-36-23-13-17(6-7-18(23)26(33)31-35-4)21-14-24(30-15-29-21)28-10-11-32-16(2)12-19-22(34-3)9-8-20(27)25(19)32/h6-9,12-15H,5,10-11H2,1-4H3,(H,31,33)(H,28,29,30). The maximum absolute atomic E-state index is 14.6. The topological polar surface area (TPSA) is 99.5 Å². The first kappa shape index (κ1) is 24.9. The summed E-state index contributed by atoms with van der Waals surface area (Å²) >= 11 is 0. The minimum atomic E-state index is -0.403. The van der Waals surface area contributed by atoms with Crippen molar-refractivity contribution in [1.82, 2.24) is 20.0 Å². The molecule has 0 aliphatic carbocycles. The van der Waals surface area contributed by atoms with Gasteiger partial charge in [0.25, 0.3) is 5.91 Å². The second-order valence-corrected chi connectivity index (χ2v) is 7.94. The molecule has 2 heterocycles. The molecule has 0 saturated carbocycles. The molecule has 188 valence electrons. The molecule has 0 aliphatic heterocycles. The quantitative estimate of drug-likeness (QED) is 0.317. The van der Waals surface area contributed by atoms with Gasteiger partial charge in [-0.05, 0) is 44.2 Å². The van der Waals surface area contributed by atoms with Crippen LogP contribution in [0.5, 0.6) is 11.5 Å². The van der Waals surface area contributed by atoms with E-state index in [1.165, 1.54) is 19.5 Å². The molecule has 4 rings (SSSR count). The first-order valence-electron chi connectivity index (χ1n) is 11.5. The molecule has 4 aromatic rings. The Morgan fingerprint density at radius 1 is 1.08 bits per heavy atom. The predicted octanol–water partition coefficient (Wildman–Crippen LogP) is 4.36. The molecule has 9 nitrogen and oxygen atoms in total. The van der Waals surface area contributed by atoms with Crippen molar-refractivity contribution in [2.24, 2.45) is 0 Å². The molecule has 0 radical (unpaired) electrons. The molecular weight excluding hydrogens is 465 g/mol. The van der Waals surface area contributed by atoms with Gasteiger partial charge in [0.2, 0.25) is 0 Å². The highest BCUT2D eigenvalue weighted by Gasteiger charge is 2.16. The Morgan fingerprint density at radius 3 is 2.67 bits per heavy atom. The van der Waals surface area contributed by atoms with Gasteiger partial charge in [0.15, 0.2) is 0 Å². The first-order chi connectivity index (χ1) is 17.5. The number of ether oxygens (including phenoxy) is 2. The Bertz CT molecular complexity index is 1390. The van der Waals surface area contributed by atoms with E-state index in [1.807, 2.05) is 30.5 Å². The number of halogens is 1. The van der Waals surface area contributed by atoms with Crippen LogP contribution in [0.25, 0.3) is 22.2 Å². The van der Waals surface area contributed by atoms with E-state index in [4.69, 9.17) is 14.3 Å². The summed E-state index contributed by atoms with van der Waals surface area (Å²) in [5.41, 5.74) is 5.52. The normalized spacial score (nSPS) is 10.9. The number of hydrogen-bond donors (Lipinski definition) is 2. The Morgan fingerprint density at radius 2 is 1.92 bits per heavy atom. The maximum atomic E-state index is 14.6. The molecule has 1 amide bonds. The molecule has 0 aliphatic rings. The van der Waals surface area contributed by atoms with Crippen LogP contribution in [0.2, 0.25) is 0 Å². The Kier molecular flexibility index (Phi) is 7.65. The molecule has 2 aromatic heterocycles. The Labute approximate surface area is 208 Å². The highest BCUT2D eigenvalue weighted by Crippen LogP contribution is 2.31. The predicted molar refractivity (Wildman–Crippen MR) is 135 cm³/mol. The number of aromatic nitrogens is 3. The summed E-state index contributed by atoms with van der Waals surface area (Å²) in [6, 6.07) is 12.0. The lowest BCUT2D eigenvalue weighted by atomic mass is 10.1. The lowest BCUT2D eigenvalue weighted by Gasteiger charge is -2.13. The van der Waals surface area contributed by atoms with Crippen LogP contribution in [-0.4, -0.2) is 47.8 Å². The van der Waals surface area contributed by atoms with E-state index in [-0.39, 0.29) is 5.82 Å². The zero-order valence-electron chi connectivity index (χ0n) is 20.6. The van der Waals surface area contributed by atoms with E-state index in [1.54, 1.807) is 31.4 Å². The number of aryl methyl sites for hydroxylation is 1. The number of hydroxylamine groups is 1. The molecule has 36 heavy (non-hydrogen) atoms. The smallest absolute Gasteiger partial charge is 0.278 e. The molecule has 10 heteroatoms. The molecule has 0 unspecified atom stereocenters. The molecule has 2 N–H and O–H groups in total. The van der Waals surface area contributed by atoms with Crippen molar-refractivity contribution in [3.05, 3.63) is 65.9 Å². The van der Waals surface area contributed by atoms with Crippen molar-refractivity contribution in [2.45, 2.75) is 20.4 Å². The summed E-state index contributed by atoms with van der Waals surface area (Å²) in [7, 11) is 2.95. The number of rotatable bonds is 10. The zero-order chi connectivity index (χ0) is 25.7. The number of nitrogens with one attached hydrogen (secondary N) is 2. The minimum Gasteiger partial charge on any atom is -0.496 e. The SMILES string of the molecule is CCOc1cc(-c2cc(NCCn3c(C)cc4c(OC)ccc(F)c43)ncn2)ccc1C(=O)NOC. The fraction of sp³-hybridized carbons (Fsp3) is 0.269. The van der Waals surface area contributed by atoms with Gasteiger partial charge in [0.1, 0.15) is 29.5 Å². The van der Waals surface area contributed by atoms with E-state index >= 15 is 0 Å². The van der Waals surface area contributed by atoms with Crippen molar-refractivity contribution in [3.8, 4) is 22.8 Å². The Hall–Kier alpha value is -4.18. The number of fused-ring (bicyclic) bond motifs is 1. The van der Waals surface area contributed by atoms with Gasteiger partial charge >= 0.3 is 0 Å². The number of hydrogen-bond acceptors (Lipinski definition) is 7. The zero-order valence-corrected chi connectivity index (χ0v) is 20.6. The van der Waals surface area contributed by atoms with Gasteiger partial charge < -0.3 is 19.4 Å². The van der Waals surface area contributed by atoms with E-state index < -0.39 is 5.91 Å². The van der Waals surface area contributed by atoms with Crippen LogP contribution in [0.15, 0.2) is 48.8 Å². The Balaban J connectivity index is 1.52. The van der Waals surface area contributed by atoms with Gasteiger partial charge in [0, 0.05) is 35.8 Å². The molecule has 0 fully saturated rings. The van der Waals surface area contributed by atoms with E-state index in [0.29, 0.717) is 53.8 Å². The second kappa shape index (κ2) is 11.0. The summed E-state index contributed by atoms with van der Waals surface area (Å²) in [6.07, 6.45) is 1.46. The summed E-state index contributed by atoms with van der Waals surface area (Å²) in [6.45, 7) is 5.21. The fourth-order valence-electron chi connectivity index (χ4n) is 4.11. The summed E-state index contributed by atoms with van der Waals surface area (Å²) in [4.78, 5) is 25.6. The van der Waals surface area contributed by atoms with Crippen molar-refractivity contribution < 1.29 is 23.5 Å². The van der Waals surface area contributed by atoms with Crippen LogP contribution >= 0.6 is 0 Å². The lowest BCUT2D eigenvalue weighted by molar-refractivity contribution is 0.0534. The van der Waals surface area contributed by atoms with Gasteiger partial charge in [-0.3, -0.25) is 9.63 Å². The van der Waals surface area contributed by atoms with Crippen LogP contribution in [0.3, 0.4) is 0 Å². The third kappa shape index (κ3) is 5.08. The van der Waals surface area contributed by atoms with E-state index in [2.05, 4.69) is 20.8 Å². The van der Waals surface area contributed by atoms with Crippen LogP contribution in [0, 0.1) is 12.7 Å². The van der Waals surface area contributed by atoms with Gasteiger partial charge in [-0.2, -0.15) is 0 Å². The van der Waals surface area contributed by atoms with Crippen molar-refractivity contribution >= 4 is 22.6 Å². The fourth-order valence-corrected chi connectivity index (χ4v) is 4.11. The van der Waals surface area contributed by atoms with Gasteiger partial charge in [0.05, 0.1) is 37.6 Å². The van der Waals surface area contributed by atoms with Gasteiger partial charge in [-0.15, -0.1) is 0 Å². The molecule has 0 atom stereocenters. The lowest BCUT2D eigenvalue weighted by Crippen LogP contribution is -2.22. The van der Waals surface area contributed by atoms with Gasteiger partial charge in [-0.25, -0.2) is 19.8 Å². The number of methoxy groups -OCH3 is 1. The monoisotopic (exact) mass is 493 g/mol. The summed E-state index contributed by atoms with van der Waals surface area (Å²) < 4.78 is 27.6. The third-order valence-electron chi connectivity index (χ3n) is 5.72. The maximum Gasteiger partial charge on any atom is 0.278 e. The highest BCUT2D eigenvalue weighted by molar-refractivity contribution is 5.97. The molecule has 0 saturated heterocycles. The highest BCUT2D eigenvalue weighted by atomic mass is 19.1. The van der Waals surface area contributed by atoms with Crippen LogP contribution in [0.1, 0.15) is 23.0 Å². The minimum absolute atomic E-state index is 0.295. The number of benzene rings is 2. The van der Waals surface area contributed by atoms with Crippen LogP contribution in [0.4, 0.5) is 10.2 Å². The number of anilines is 1. The number of carbonyl (C=O) groups is 1. The number of nitrogens with zero attached hydrogens (tertiary/aromatic N) is 3. The molecule has 0 bridgehead atoms. The largest absolute Gasteiger partial charge is 0.496 e. The summed E-state index contributed by atoms with van der Waals surface area (Å²) in [5, 5.41) is 4.02. The summed E-state index contributed by atoms with van der Waals surface area (Å²) in [5.74, 6) is 0.977. The van der Waals surface area contributed by atoms with Crippen molar-refractivity contribution in [2.75, 3.05) is 32.7 Å². The van der Waals surface area contributed by atoms with Gasteiger partial charge in [-0.1, -0.05) is 6.07 Å². The van der Waals surface area contributed by atoms with Crippen LogP contribution < -0.4 is 20.3 Å². The van der Waals surface area contributed by atoms with E-state index in [9.17, 15) is 9.18 Å². The number of carbonyl (C=O) groups excluding carboxylic acids is 1. The first-order valence-corrected chi connectivity index (χ1v) is 11.5. The average Bonchev–Trinajstić information content (AvgIpc) is 3.21. The molecular formula is C26H28FN5O4. The van der Waals surface area contributed by atoms with Crippen molar-refractivity contribution in [1.29, 1.82) is 0 Å². The number of amides is 1. The van der Waals surface area contributed by atoms with E-state index in [0.717, 1.165) is 16.6 Å². The average molecular weight is 494 g/mol. The molecule has 0 spiro atoms. The van der Waals surface area contributed by atoms with Crippen molar-refractivity contribution in [3.63, 3.8) is 0 Å². The van der Waals surface area contributed by atoms with Crippen LogP contribution in [-0.2, 0) is 11.4 Å².